The van der Waals surface area contributed by atoms with Crippen LogP contribution in [0, 0.1) is 17.3 Å². The first-order valence-electron chi connectivity index (χ1n) is 8.30. The van der Waals surface area contributed by atoms with Gasteiger partial charge in [-0.25, -0.2) is 0 Å². The summed E-state index contributed by atoms with van der Waals surface area (Å²) in [5.74, 6) is 1.84. The first kappa shape index (κ1) is 15.3. The quantitative estimate of drug-likeness (QED) is 0.841. The standard InChI is InChI=1S/C17H34N2/c1-16(2,3)15-6-5-10-19(11-9-15)17(4,13-18)12-14-7-8-14/h14-15H,5-13,18H2,1-4H3. The number of rotatable bonds is 4. The van der Waals surface area contributed by atoms with Crippen LogP contribution in [-0.2, 0) is 0 Å². The van der Waals surface area contributed by atoms with Crippen molar-refractivity contribution in [3.8, 4) is 0 Å². The Hall–Kier alpha value is -0.0800. The highest BCUT2D eigenvalue weighted by atomic mass is 15.2. The molecule has 0 aromatic carbocycles. The normalized spacial score (nSPS) is 29.8. The molecule has 112 valence electrons. The summed E-state index contributed by atoms with van der Waals surface area (Å²) in [6.07, 6.45) is 8.29. The lowest BCUT2D eigenvalue weighted by molar-refractivity contribution is 0.0950. The Balaban J connectivity index is 1.96. The summed E-state index contributed by atoms with van der Waals surface area (Å²) in [6.45, 7) is 12.9. The first-order chi connectivity index (χ1) is 8.85. The first-order valence-corrected chi connectivity index (χ1v) is 8.30. The highest BCUT2D eigenvalue weighted by Gasteiger charge is 2.38. The monoisotopic (exact) mass is 266 g/mol. The molecular weight excluding hydrogens is 232 g/mol. The van der Waals surface area contributed by atoms with E-state index in [1.165, 1.54) is 51.6 Å². The minimum Gasteiger partial charge on any atom is -0.329 e. The molecule has 1 saturated carbocycles. The Morgan fingerprint density at radius 2 is 1.68 bits per heavy atom. The zero-order valence-corrected chi connectivity index (χ0v) is 13.5. The van der Waals surface area contributed by atoms with E-state index in [1.54, 1.807) is 0 Å². The molecule has 0 bridgehead atoms. The Morgan fingerprint density at radius 3 is 2.21 bits per heavy atom. The Bertz CT molecular complexity index is 290. The highest BCUT2D eigenvalue weighted by molar-refractivity contribution is 4.94. The molecule has 19 heavy (non-hydrogen) atoms. The zero-order valence-electron chi connectivity index (χ0n) is 13.5. The van der Waals surface area contributed by atoms with Crippen LogP contribution in [0.25, 0.3) is 0 Å². The molecule has 0 amide bonds. The van der Waals surface area contributed by atoms with Gasteiger partial charge in [0.15, 0.2) is 0 Å². The van der Waals surface area contributed by atoms with Gasteiger partial charge in [0, 0.05) is 12.1 Å². The lowest BCUT2D eigenvalue weighted by Gasteiger charge is -2.41. The minimum absolute atomic E-state index is 0.258. The summed E-state index contributed by atoms with van der Waals surface area (Å²) in [5.41, 5.74) is 6.87. The second-order valence-corrected chi connectivity index (χ2v) is 8.33. The fraction of sp³-hybridized carbons (Fsp3) is 1.00. The van der Waals surface area contributed by atoms with Gasteiger partial charge in [0.25, 0.3) is 0 Å². The molecule has 2 atom stereocenters. The van der Waals surface area contributed by atoms with Gasteiger partial charge in [-0.2, -0.15) is 0 Å². The second-order valence-electron chi connectivity index (χ2n) is 8.33. The van der Waals surface area contributed by atoms with Crippen LogP contribution in [0.2, 0.25) is 0 Å². The molecule has 2 aliphatic rings. The summed E-state index contributed by atoms with van der Waals surface area (Å²) in [6, 6.07) is 0. The number of hydrogen-bond acceptors (Lipinski definition) is 2. The minimum atomic E-state index is 0.258. The van der Waals surface area contributed by atoms with Crippen LogP contribution in [-0.4, -0.2) is 30.1 Å². The molecular formula is C17H34N2. The third-order valence-electron chi connectivity index (χ3n) is 5.58. The van der Waals surface area contributed by atoms with Gasteiger partial charge in [-0.3, -0.25) is 4.90 Å². The summed E-state index contributed by atoms with van der Waals surface area (Å²) in [7, 11) is 0. The van der Waals surface area contributed by atoms with Crippen LogP contribution in [0.3, 0.4) is 0 Å². The van der Waals surface area contributed by atoms with Crippen LogP contribution in [0.5, 0.6) is 0 Å². The molecule has 0 aromatic rings. The smallest absolute Gasteiger partial charge is 0.0306 e. The van der Waals surface area contributed by atoms with Gasteiger partial charge in [0.1, 0.15) is 0 Å². The van der Waals surface area contributed by atoms with Crippen molar-refractivity contribution in [2.24, 2.45) is 23.0 Å². The van der Waals surface area contributed by atoms with Crippen LogP contribution in [0.4, 0.5) is 0 Å². The van der Waals surface area contributed by atoms with E-state index in [1.807, 2.05) is 0 Å². The molecule has 0 aromatic heterocycles. The molecule has 2 N–H and O–H groups in total. The predicted molar refractivity (Wildman–Crippen MR) is 83.2 cm³/mol. The maximum absolute atomic E-state index is 6.14. The van der Waals surface area contributed by atoms with E-state index in [0.717, 1.165) is 18.4 Å². The van der Waals surface area contributed by atoms with Gasteiger partial charge in [-0.05, 0) is 62.9 Å². The summed E-state index contributed by atoms with van der Waals surface area (Å²) >= 11 is 0. The fourth-order valence-electron chi connectivity index (χ4n) is 3.79. The van der Waals surface area contributed by atoms with Gasteiger partial charge in [0.05, 0.1) is 0 Å². The third kappa shape index (κ3) is 3.95. The summed E-state index contributed by atoms with van der Waals surface area (Å²) in [5, 5.41) is 0. The SMILES string of the molecule is CC(C)(C)C1CCCN(C(C)(CN)CC2CC2)CC1. The van der Waals surface area contributed by atoms with Gasteiger partial charge < -0.3 is 5.73 Å². The fourth-order valence-corrected chi connectivity index (χ4v) is 3.79. The molecule has 1 aliphatic carbocycles. The van der Waals surface area contributed by atoms with Crippen molar-refractivity contribution in [1.29, 1.82) is 0 Å². The molecule has 1 heterocycles. The van der Waals surface area contributed by atoms with Crippen LogP contribution < -0.4 is 5.73 Å². The zero-order chi connectivity index (χ0) is 14.1. The number of hydrogen-bond donors (Lipinski definition) is 1. The number of nitrogens with two attached hydrogens (primary N) is 1. The van der Waals surface area contributed by atoms with Crippen molar-refractivity contribution in [2.75, 3.05) is 19.6 Å². The van der Waals surface area contributed by atoms with E-state index in [-0.39, 0.29) is 5.54 Å². The van der Waals surface area contributed by atoms with Crippen molar-refractivity contribution in [3.05, 3.63) is 0 Å². The van der Waals surface area contributed by atoms with E-state index in [0.29, 0.717) is 5.41 Å². The van der Waals surface area contributed by atoms with E-state index in [4.69, 9.17) is 5.73 Å². The number of nitrogens with zero attached hydrogens (tertiary/aromatic N) is 1. The topological polar surface area (TPSA) is 29.3 Å². The molecule has 2 rings (SSSR count). The molecule has 1 aliphatic heterocycles. The van der Waals surface area contributed by atoms with E-state index in [2.05, 4.69) is 32.6 Å². The lowest BCUT2D eigenvalue weighted by atomic mass is 9.76. The molecule has 1 saturated heterocycles. The maximum atomic E-state index is 6.14. The van der Waals surface area contributed by atoms with E-state index >= 15 is 0 Å². The lowest BCUT2D eigenvalue weighted by Crippen LogP contribution is -2.52. The maximum Gasteiger partial charge on any atom is 0.0306 e. The Labute approximate surface area is 120 Å². The van der Waals surface area contributed by atoms with Crippen LogP contribution in [0.15, 0.2) is 0 Å². The second kappa shape index (κ2) is 5.73. The van der Waals surface area contributed by atoms with Crippen molar-refractivity contribution in [2.45, 2.75) is 71.8 Å². The van der Waals surface area contributed by atoms with Gasteiger partial charge in [-0.1, -0.05) is 33.6 Å². The highest BCUT2D eigenvalue weighted by Crippen LogP contribution is 2.40. The number of likely N-dealkylation sites (tertiary alicyclic amines) is 1. The van der Waals surface area contributed by atoms with Crippen molar-refractivity contribution >= 4 is 0 Å². The largest absolute Gasteiger partial charge is 0.329 e. The Kier molecular flexibility index (Phi) is 4.62. The summed E-state index contributed by atoms with van der Waals surface area (Å²) in [4.78, 5) is 2.72. The molecule has 0 radical (unpaired) electrons. The molecule has 2 heteroatoms. The van der Waals surface area contributed by atoms with Crippen LogP contribution in [0.1, 0.15) is 66.2 Å². The average Bonchev–Trinajstić information content (AvgIpc) is 3.12. The molecule has 2 unspecified atom stereocenters. The van der Waals surface area contributed by atoms with Crippen molar-refractivity contribution in [3.63, 3.8) is 0 Å². The summed E-state index contributed by atoms with van der Waals surface area (Å²) < 4.78 is 0. The molecule has 0 spiro atoms. The molecule has 2 fully saturated rings. The van der Waals surface area contributed by atoms with Gasteiger partial charge in [-0.15, -0.1) is 0 Å². The molecule has 2 nitrogen and oxygen atoms in total. The van der Waals surface area contributed by atoms with E-state index < -0.39 is 0 Å². The predicted octanol–water partition coefficient (Wildman–Crippen LogP) is 3.65. The van der Waals surface area contributed by atoms with E-state index in [9.17, 15) is 0 Å². The average molecular weight is 266 g/mol. The van der Waals surface area contributed by atoms with Gasteiger partial charge >= 0.3 is 0 Å². The Morgan fingerprint density at radius 1 is 1.00 bits per heavy atom. The van der Waals surface area contributed by atoms with Crippen LogP contribution >= 0.6 is 0 Å². The van der Waals surface area contributed by atoms with Crippen molar-refractivity contribution in [1.82, 2.24) is 4.90 Å². The van der Waals surface area contributed by atoms with Crippen molar-refractivity contribution < 1.29 is 0 Å². The van der Waals surface area contributed by atoms with Gasteiger partial charge in [0.2, 0.25) is 0 Å². The third-order valence-corrected chi connectivity index (χ3v) is 5.58.